The number of esters is 1. The van der Waals surface area contributed by atoms with Crippen molar-refractivity contribution in [2.45, 2.75) is 31.2 Å². The van der Waals surface area contributed by atoms with Gasteiger partial charge in [0.2, 0.25) is 17.6 Å². The van der Waals surface area contributed by atoms with Crippen LogP contribution in [0.5, 0.6) is 5.75 Å². The molecule has 5 aromatic carbocycles. The molecule has 14 nitrogen and oxygen atoms in total. The molecule has 2 N–H and O–H groups in total. The molecule has 0 spiro atoms. The molecule has 316 valence electrons. The third kappa shape index (κ3) is 8.91. The van der Waals surface area contributed by atoms with Crippen molar-refractivity contribution in [2.75, 3.05) is 19.0 Å². The van der Waals surface area contributed by atoms with Crippen LogP contribution in [0.2, 0.25) is 0 Å². The van der Waals surface area contributed by atoms with Gasteiger partial charge in [0.05, 0.1) is 28.3 Å². The van der Waals surface area contributed by atoms with Gasteiger partial charge in [-0.2, -0.15) is 14.2 Å². The maximum absolute atomic E-state index is 14.8. The molecule has 0 atom stereocenters. The Morgan fingerprint density at radius 3 is 2.08 bits per heavy atom. The fourth-order valence-corrected chi connectivity index (χ4v) is 8.93. The number of nitrogens with one attached hydrogen (secondary N) is 1. The van der Waals surface area contributed by atoms with Gasteiger partial charge in [0.1, 0.15) is 17.1 Å². The number of amides is 2. The summed E-state index contributed by atoms with van der Waals surface area (Å²) in [7, 11) is -3.14. The van der Waals surface area contributed by atoms with Crippen molar-refractivity contribution < 1.29 is 51.2 Å². The van der Waals surface area contributed by atoms with Gasteiger partial charge in [0, 0.05) is 59.4 Å². The van der Waals surface area contributed by atoms with Gasteiger partial charge in [-0.15, -0.1) is 0 Å². The lowest BCUT2D eigenvalue weighted by molar-refractivity contribution is -0.631. The molecule has 1 aromatic heterocycles. The van der Waals surface area contributed by atoms with Crippen LogP contribution in [0.1, 0.15) is 28.8 Å². The first-order valence-corrected chi connectivity index (χ1v) is 20.9. The number of hydrogen-bond acceptors (Lipinski definition) is 11. The molecule has 1 aliphatic heterocycles. The highest BCUT2D eigenvalue weighted by molar-refractivity contribution is 7.89. The van der Waals surface area contributed by atoms with Crippen LogP contribution in [0, 0.1) is 6.92 Å². The first kappa shape index (κ1) is 43.1. The lowest BCUT2D eigenvalue weighted by Crippen LogP contribution is -2.43. The minimum Gasteiger partial charge on any atom is -0.508 e. The van der Waals surface area contributed by atoms with Gasteiger partial charge in [-0.1, -0.05) is 54.1 Å². The highest BCUT2D eigenvalue weighted by Gasteiger charge is 2.34. The average Bonchev–Trinajstić information content (AvgIpc) is 3.27. The predicted molar refractivity (Wildman–Crippen MR) is 232 cm³/mol. The summed E-state index contributed by atoms with van der Waals surface area (Å²) in [5.41, 5.74) is 5.02. The third-order valence-corrected chi connectivity index (χ3v) is 12.2. The molecule has 2 aliphatic rings. The molecular weight excluding hydrogens is 827 g/mol. The fourth-order valence-electron chi connectivity index (χ4n) is 7.51. The number of carbonyl (C=O) groups excluding carboxylic acids is 5. The van der Waals surface area contributed by atoms with Crippen molar-refractivity contribution in [3.8, 4) is 28.2 Å². The van der Waals surface area contributed by atoms with Gasteiger partial charge in [-0.05, 0) is 79.6 Å². The summed E-state index contributed by atoms with van der Waals surface area (Å²) in [6.45, 7) is 1.40. The second-order valence-corrected chi connectivity index (χ2v) is 16.3. The molecule has 2 amide bonds. The molecule has 0 unspecified atom stereocenters. The van der Waals surface area contributed by atoms with E-state index in [1.165, 1.54) is 37.4 Å². The zero-order chi connectivity index (χ0) is 44.8. The number of aromatic nitrogens is 1. The van der Waals surface area contributed by atoms with Crippen LogP contribution >= 0.6 is 0 Å². The summed E-state index contributed by atoms with van der Waals surface area (Å²) in [4.78, 5) is 69.1. The Morgan fingerprint density at radius 2 is 1.44 bits per heavy atom. The van der Waals surface area contributed by atoms with E-state index in [0.717, 1.165) is 26.4 Å². The van der Waals surface area contributed by atoms with Gasteiger partial charge < -0.3 is 19.6 Å². The van der Waals surface area contributed by atoms with E-state index in [1.807, 2.05) is 19.1 Å². The number of benzene rings is 6. The Kier molecular flexibility index (Phi) is 12.5. The van der Waals surface area contributed by atoms with E-state index >= 15 is 0 Å². The van der Waals surface area contributed by atoms with Crippen LogP contribution in [0.3, 0.4) is 0 Å². The van der Waals surface area contributed by atoms with E-state index in [0.29, 0.717) is 44.4 Å². The third-order valence-electron chi connectivity index (χ3n) is 10.4. The van der Waals surface area contributed by atoms with Crippen molar-refractivity contribution in [3.63, 3.8) is 0 Å². The van der Waals surface area contributed by atoms with Gasteiger partial charge in [-0.3, -0.25) is 19.2 Å². The molecular formula is C48H38N3O11S+. The maximum Gasteiger partial charge on any atom is 0.373 e. The number of aromatic hydroxyl groups is 1. The lowest BCUT2D eigenvalue weighted by atomic mass is 9.93. The Hall–Kier alpha value is -8.00. The quantitative estimate of drug-likeness (QED) is 0.0770. The lowest BCUT2D eigenvalue weighted by Gasteiger charge is -2.24. The molecule has 0 saturated carbocycles. The first-order chi connectivity index (χ1) is 30.3. The number of fused-ring (bicyclic) bond motifs is 4. The zero-order valence-corrected chi connectivity index (χ0v) is 34.7. The van der Waals surface area contributed by atoms with Crippen LogP contribution in [-0.2, 0) is 40.5 Å². The van der Waals surface area contributed by atoms with Crippen LogP contribution in [0.25, 0.3) is 55.2 Å². The summed E-state index contributed by atoms with van der Waals surface area (Å²) in [6.07, 6.45) is 0.192. The number of hydrogen-bond donors (Lipinski definition) is 2. The minimum absolute atomic E-state index is 0.0213. The summed E-state index contributed by atoms with van der Waals surface area (Å²) >= 11 is 0. The Balaban J connectivity index is 0.00000193. The van der Waals surface area contributed by atoms with E-state index in [-0.39, 0.29) is 59.6 Å². The van der Waals surface area contributed by atoms with Crippen LogP contribution in [-0.4, -0.2) is 55.4 Å². The molecule has 0 saturated heterocycles. The fraction of sp³-hybridized carbons (Fsp3) is 0.125. The van der Waals surface area contributed by atoms with E-state index in [2.05, 4.69) is 5.32 Å². The van der Waals surface area contributed by atoms with E-state index < -0.39 is 21.9 Å². The van der Waals surface area contributed by atoms with Crippen molar-refractivity contribution in [1.82, 2.24) is 4.31 Å². The largest absolute Gasteiger partial charge is 0.508 e. The number of rotatable bonds is 11. The number of nitrogens with zero attached hydrogens (tertiary/aromatic N) is 2. The number of anilines is 1. The van der Waals surface area contributed by atoms with Crippen molar-refractivity contribution in [3.05, 3.63) is 155 Å². The summed E-state index contributed by atoms with van der Waals surface area (Å²) in [5.74, 6) is -1.27. The highest BCUT2D eigenvalue weighted by Crippen LogP contribution is 2.41. The van der Waals surface area contributed by atoms with Gasteiger partial charge in [0.15, 0.2) is 5.43 Å². The van der Waals surface area contributed by atoms with Gasteiger partial charge in [-0.25, -0.2) is 12.7 Å². The number of phenolic OH excluding ortho intramolecular Hbond substituents is 1. The number of para-hydroxylation sites is 2. The molecule has 0 fully saturated rings. The smallest absolute Gasteiger partial charge is 0.373 e. The highest BCUT2D eigenvalue weighted by atomic mass is 32.2. The number of sulfonamides is 1. The number of aryl methyl sites for hydroxylation is 1. The zero-order valence-electron chi connectivity index (χ0n) is 33.9. The SMILES string of the molecule is COC(=O)CCCN(C(=O)c1c2ccccc2[n+](CC(=O)Nc2ccc(-c3c4ccc(=O)cc-4oc4cc(O)ccc34)cc2)c2ccccc12)S(=O)(=O)c1ccc(C)cc1.O=C=O. The van der Waals surface area contributed by atoms with Crippen molar-refractivity contribution in [2.24, 2.45) is 0 Å². The van der Waals surface area contributed by atoms with Crippen LogP contribution in [0.15, 0.2) is 148 Å². The first-order valence-electron chi connectivity index (χ1n) is 19.5. The molecule has 2 heterocycles. The number of carbonyl (C=O) groups is 3. The van der Waals surface area contributed by atoms with Crippen LogP contribution in [0.4, 0.5) is 5.69 Å². The van der Waals surface area contributed by atoms with E-state index in [4.69, 9.17) is 18.7 Å². The maximum atomic E-state index is 14.8. The molecule has 6 aromatic rings. The monoisotopic (exact) mass is 864 g/mol. The second-order valence-electron chi connectivity index (χ2n) is 14.4. The molecule has 0 radical (unpaired) electrons. The second kappa shape index (κ2) is 18.3. The summed E-state index contributed by atoms with van der Waals surface area (Å²) in [5, 5.41) is 14.7. The number of ether oxygens (including phenoxy) is 1. The number of pyridine rings is 1. The molecule has 63 heavy (non-hydrogen) atoms. The van der Waals surface area contributed by atoms with Gasteiger partial charge >= 0.3 is 12.1 Å². The Bertz CT molecular complexity index is 3170. The van der Waals surface area contributed by atoms with Gasteiger partial charge in [0.25, 0.3) is 21.8 Å². The number of methoxy groups -OCH3 is 1. The molecule has 15 heteroatoms. The topological polar surface area (TPSA) is 198 Å². The van der Waals surface area contributed by atoms with Crippen molar-refractivity contribution >= 4 is 72.4 Å². The minimum atomic E-state index is -4.38. The summed E-state index contributed by atoms with van der Waals surface area (Å²) in [6, 6.07) is 36.8. The number of phenols is 1. The Morgan fingerprint density at radius 1 is 0.810 bits per heavy atom. The predicted octanol–water partition coefficient (Wildman–Crippen LogP) is 7.01. The van der Waals surface area contributed by atoms with E-state index in [9.17, 15) is 32.7 Å². The average molecular weight is 865 g/mol. The Labute approximate surface area is 360 Å². The standard InChI is InChI=1S/C47H37N3O9S.CO2/c1-29-13-21-34(22-14-29)60(56,57)50(25-7-12-44(54)58-2)47(55)46-35-8-3-5-10-39(35)49(40-11-6-4-9-36(40)46)28-43(53)48-31-17-15-30(16-18-31)45-37-23-19-32(51)26-41(37)59-42-27-33(52)20-24-38(42)45;2-1-3/h3-6,8-11,13-24,26-27H,7,12,25,28H2,1-2H3,(H-,48,51,52,53);/p+1. The summed E-state index contributed by atoms with van der Waals surface area (Å²) < 4.78 is 41.8. The van der Waals surface area contributed by atoms with Crippen LogP contribution < -0.4 is 15.3 Å². The van der Waals surface area contributed by atoms with Crippen molar-refractivity contribution in [1.29, 1.82) is 0 Å². The molecule has 8 rings (SSSR count). The molecule has 0 bridgehead atoms. The molecule has 1 aliphatic carbocycles. The van der Waals surface area contributed by atoms with E-state index in [1.54, 1.807) is 95.6 Å². The normalized spacial score (nSPS) is 11.1.